The first-order valence-electron chi connectivity index (χ1n) is 6.28. The number of benzene rings is 1. The summed E-state index contributed by atoms with van der Waals surface area (Å²) in [6, 6.07) is 10.3. The second kappa shape index (κ2) is 5.78. The Labute approximate surface area is 135 Å². The zero-order valence-electron chi connectivity index (χ0n) is 11.2. The number of hydrogen-bond acceptors (Lipinski definition) is 5. The molecule has 2 amide bonds. The van der Waals surface area contributed by atoms with E-state index in [0.29, 0.717) is 26.3 Å². The molecule has 2 aromatic rings. The first-order valence-corrected chi connectivity index (χ1v) is 7.50. The minimum Gasteiger partial charge on any atom is -0.457 e. The molecule has 1 aliphatic rings. The van der Waals surface area contributed by atoms with E-state index in [0.717, 1.165) is 5.56 Å². The van der Waals surface area contributed by atoms with Gasteiger partial charge in [-0.3, -0.25) is 9.59 Å². The van der Waals surface area contributed by atoms with Crippen LogP contribution in [0.15, 0.2) is 45.7 Å². The van der Waals surface area contributed by atoms with Crippen LogP contribution in [0.25, 0.3) is 17.4 Å². The Balaban J connectivity index is 1.90. The van der Waals surface area contributed by atoms with Gasteiger partial charge in [-0.25, -0.2) is 0 Å². The van der Waals surface area contributed by atoms with E-state index in [9.17, 15) is 9.59 Å². The lowest BCUT2D eigenvalue weighted by atomic mass is 10.1. The minimum atomic E-state index is -0.497. The number of hydrogen-bond donors (Lipinski definition) is 2. The number of rotatable bonds is 3. The van der Waals surface area contributed by atoms with E-state index in [4.69, 9.17) is 22.4 Å². The summed E-state index contributed by atoms with van der Waals surface area (Å²) >= 11 is 6.12. The first kappa shape index (κ1) is 14.6. The third-order valence-electron chi connectivity index (χ3n) is 2.97. The van der Waals surface area contributed by atoms with Crippen LogP contribution in [-0.4, -0.2) is 16.1 Å². The van der Waals surface area contributed by atoms with E-state index in [1.807, 2.05) is 6.07 Å². The number of nitrogens with two attached hydrogens (primary N) is 1. The van der Waals surface area contributed by atoms with Crippen LogP contribution in [0.2, 0.25) is 0 Å². The predicted octanol–water partition coefficient (Wildman–Crippen LogP) is 2.53. The van der Waals surface area contributed by atoms with Crippen LogP contribution >= 0.6 is 24.0 Å². The van der Waals surface area contributed by atoms with Crippen molar-refractivity contribution in [2.45, 2.75) is 0 Å². The molecule has 1 aliphatic heterocycles. The average Bonchev–Trinajstić information content (AvgIpc) is 3.06. The third kappa shape index (κ3) is 2.95. The van der Waals surface area contributed by atoms with Crippen molar-refractivity contribution in [2.75, 3.05) is 0 Å². The number of amides is 2. The van der Waals surface area contributed by atoms with Crippen molar-refractivity contribution in [1.29, 1.82) is 0 Å². The number of carbonyl (C=O) groups is 2. The highest BCUT2D eigenvalue weighted by atomic mass is 32.2. The van der Waals surface area contributed by atoms with Gasteiger partial charge in [-0.1, -0.05) is 36.1 Å². The lowest BCUT2D eigenvalue weighted by Gasteiger charge is -1.99. The Bertz CT molecular complexity index is 824. The van der Waals surface area contributed by atoms with E-state index in [1.54, 1.807) is 36.4 Å². The summed E-state index contributed by atoms with van der Waals surface area (Å²) < 4.78 is 6.11. The van der Waals surface area contributed by atoms with Crippen molar-refractivity contribution < 1.29 is 14.0 Å². The maximum Gasteiger partial charge on any atom is 0.263 e. The fraction of sp³-hybridized carbons (Fsp3) is 0. The molecule has 7 heteroatoms. The highest BCUT2D eigenvalue weighted by Crippen LogP contribution is 2.29. The summed E-state index contributed by atoms with van der Waals surface area (Å²) in [5.41, 5.74) is 6.41. The molecule has 0 spiro atoms. The minimum absolute atomic E-state index is 0.233. The van der Waals surface area contributed by atoms with E-state index in [-0.39, 0.29) is 5.91 Å². The molecular weight excluding hydrogens is 320 g/mol. The molecule has 0 atom stereocenters. The zero-order valence-corrected chi connectivity index (χ0v) is 12.8. The van der Waals surface area contributed by atoms with Crippen molar-refractivity contribution in [3.63, 3.8) is 0 Å². The summed E-state index contributed by atoms with van der Waals surface area (Å²) in [5, 5.41) is 2.54. The lowest BCUT2D eigenvalue weighted by molar-refractivity contribution is -0.115. The van der Waals surface area contributed by atoms with Crippen LogP contribution in [-0.2, 0) is 4.79 Å². The molecule has 3 N–H and O–H groups in total. The molecule has 0 saturated carbocycles. The van der Waals surface area contributed by atoms with E-state index in [1.165, 1.54) is 11.8 Å². The van der Waals surface area contributed by atoms with Crippen molar-refractivity contribution >= 4 is 46.2 Å². The smallest absolute Gasteiger partial charge is 0.263 e. The van der Waals surface area contributed by atoms with Crippen LogP contribution in [0.3, 0.4) is 0 Å². The van der Waals surface area contributed by atoms with Crippen molar-refractivity contribution in [3.05, 3.63) is 52.6 Å². The maximum absolute atomic E-state index is 11.6. The molecule has 0 bridgehead atoms. The third-order valence-corrected chi connectivity index (χ3v) is 4.14. The van der Waals surface area contributed by atoms with Crippen LogP contribution in [0, 0.1) is 0 Å². The SMILES string of the molecule is NC(=O)c1cccc(-c2ccc(/C=C3\SC(=S)NC3=O)o2)c1. The molecule has 1 aromatic heterocycles. The molecule has 110 valence electrons. The number of primary amides is 1. The van der Waals surface area contributed by atoms with Gasteiger partial charge in [0, 0.05) is 17.2 Å². The normalized spacial score (nSPS) is 16.1. The molecule has 0 radical (unpaired) electrons. The Morgan fingerprint density at radius 2 is 2.14 bits per heavy atom. The summed E-state index contributed by atoms with van der Waals surface area (Å²) in [7, 11) is 0. The molecule has 1 fully saturated rings. The highest BCUT2D eigenvalue weighted by Gasteiger charge is 2.22. The van der Waals surface area contributed by atoms with Crippen LogP contribution in [0.1, 0.15) is 16.1 Å². The average molecular weight is 330 g/mol. The number of nitrogens with one attached hydrogen (secondary N) is 1. The van der Waals surface area contributed by atoms with Crippen molar-refractivity contribution in [3.8, 4) is 11.3 Å². The Hall–Kier alpha value is -2.38. The Morgan fingerprint density at radius 3 is 2.82 bits per heavy atom. The van der Waals surface area contributed by atoms with E-state index < -0.39 is 5.91 Å². The van der Waals surface area contributed by atoms with Gasteiger partial charge in [0.15, 0.2) is 0 Å². The Morgan fingerprint density at radius 1 is 1.32 bits per heavy atom. The van der Waals surface area contributed by atoms with E-state index >= 15 is 0 Å². The molecule has 0 unspecified atom stereocenters. The van der Waals surface area contributed by atoms with Gasteiger partial charge in [-0.2, -0.15) is 0 Å². The van der Waals surface area contributed by atoms with Crippen LogP contribution < -0.4 is 11.1 Å². The van der Waals surface area contributed by atoms with Gasteiger partial charge in [-0.15, -0.1) is 0 Å². The summed E-state index contributed by atoms with van der Waals surface area (Å²) in [5.74, 6) is 0.384. The largest absolute Gasteiger partial charge is 0.457 e. The topological polar surface area (TPSA) is 85.3 Å². The predicted molar refractivity (Wildman–Crippen MR) is 89.0 cm³/mol. The fourth-order valence-electron chi connectivity index (χ4n) is 1.96. The van der Waals surface area contributed by atoms with Crippen LogP contribution in [0.4, 0.5) is 0 Å². The second-order valence-corrected chi connectivity index (χ2v) is 6.22. The lowest BCUT2D eigenvalue weighted by Crippen LogP contribution is -2.17. The maximum atomic E-state index is 11.6. The van der Waals surface area contributed by atoms with Gasteiger partial charge < -0.3 is 15.5 Å². The second-order valence-electron chi connectivity index (χ2n) is 4.50. The monoisotopic (exact) mass is 330 g/mol. The zero-order chi connectivity index (χ0) is 15.7. The van der Waals surface area contributed by atoms with Gasteiger partial charge in [0.1, 0.15) is 15.8 Å². The van der Waals surface area contributed by atoms with Gasteiger partial charge in [-0.05, 0) is 24.3 Å². The summed E-state index contributed by atoms with van der Waals surface area (Å²) in [6.45, 7) is 0. The fourth-order valence-corrected chi connectivity index (χ4v) is 2.99. The highest BCUT2D eigenvalue weighted by molar-refractivity contribution is 8.26. The Kier molecular flexibility index (Phi) is 3.82. The number of carbonyl (C=O) groups excluding carboxylic acids is 2. The first-order chi connectivity index (χ1) is 10.5. The number of thioether (sulfide) groups is 1. The molecular formula is C15H10N2O3S2. The standard InChI is InChI=1S/C15H10N2O3S2/c16-13(18)9-3-1-2-8(6-9)11-5-4-10(20-11)7-12-14(19)17-15(21)22-12/h1-7H,(H2,16,18)(H,17,19,21)/b12-7-. The van der Waals surface area contributed by atoms with Crippen LogP contribution in [0.5, 0.6) is 0 Å². The molecule has 0 aliphatic carbocycles. The summed E-state index contributed by atoms with van der Waals surface area (Å²) in [6.07, 6.45) is 1.63. The van der Waals surface area contributed by atoms with Crippen molar-refractivity contribution in [2.24, 2.45) is 5.73 Å². The molecule has 2 heterocycles. The molecule has 22 heavy (non-hydrogen) atoms. The van der Waals surface area contributed by atoms with Gasteiger partial charge >= 0.3 is 0 Å². The molecule has 1 saturated heterocycles. The van der Waals surface area contributed by atoms with Gasteiger partial charge in [0.2, 0.25) is 5.91 Å². The molecule has 5 nitrogen and oxygen atoms in total. The molecule has 3 rings (SSSR count). The molecule has 1 aromatic carbocycles. The number of thiocarbonyl (C=S) groups is 1. The van der Waals surface area contributed by atoms with Crippen molar-refractivity contribution in [1.82, 2.24) is 5.32 Å². The van der Waals surface area contributed by atoms with Gasteiger partial charge in [0.05, 0.1) is 4.91 Å². The number of furan rings is 1. The van der Waals surface area contributed by atoms with Gasteiger partial charge in [0.25, 0.3) is 5.91 Å². The van der Waals surface area contributed by atoms with E-state index in [2.05, 4.69) is 5.32 Å². The summed E-state index contributed by atoms with van der Waals surface area (Å²) in [4.78, 5) is 23.3. The quantitative estimate of drug-likeness (QED) is 0.667.